The molecule has 0 saturated carbocycles. The Balaban J connectivity index is 1.01. The van der Waals surface area contributed by atoms with Gasteiger partial charge >= 0.3 is 0 Å². The van der Waals surface area contributed by atoms with Gasteiger partial charge in [-0.05, 0) is 6.92 Å². The maximum absolute atomic E-state index is 11.1. The van der Waals surface area contributed by atoms with Gasteiger partial charge in [0, 0.05) is 0 Å². The van der Waals surface area contributed by atoms with Crippen molar-refractivity contribution in [2.24, 2.45) is 0 Å². The first-order valence-corrected chi connectivity index (χ1v) is 19.8. The van der Waals surface area contributed by atoms with Gasteiger partial charge in [0.25, 0.3) is 0 Å². The van der Waals surface area contributed by atoms with Crippen LogP contribution in [0.15, 0.2) is 0 Å². The molecule has 362 valence electrons. The lowest BCUT2D eigenvalue weighted by molar-refractivity contribution is -0.386. The van der Waals surface area contributed by atoms with Gasteiger partial charge in [-0.1, -0.05) is 0 Å². The number of aliphatic hydroxyl groups is 17. The normalized spacial score (nSPS) is 54.3. The maximum atomic E-state index is 11.1. The van der Waals surface area contributed by atoms with E-state index in [9.17, 15) is 86.8 Å². The van der Waals surface area contributed by atoms with Crippen molar-refractivity contribution in [2.75, 3.05) is 33.0 Å². The molecule has 17 N–H and O–H groups in total. The molecule has 0 aromatic heterocycles. The topological polar surface area (TPSA) is 445 Å². The Morgan fingerprint density at radius 2 is 0.710 bits per heavy atom. The van der Waals surface area contributed by atoms with E-state index >= 15 is 0 Å². The third-order valence-electron chi connectivity index (χ3n) is 11.6. The average Bonchev–Trinajstić information content (AvgIpc) is 3.25. The van der Waals surface area contributed by atoms with Crippen LogP contribution in [0.4, 0.5) is 0 Å². The largest absolute Gasteiger partial charge is 0.394 e. The van der Waals surface area contributed by atoms with Gasteiger partial charge in [0.1, 0.15) is 128 Å². The summed E-state index contributed by atoms with van der Waals surface area (Å²) in [4.78, 5) is 0. The van der Waals surface area contributed by atoms with Crippen molar-refractivity contribution in [2.45, 2.75) is 179 Å². The quantitative estimate of drug-likeness (QED) is 0.0815. The van der Waals surface area contributed by atoms with Crippen LogP contribution in [0, 0.1) is 0 Å². The van der Waals surface area contributed by atoms with Gasteiger partial charge < -0.3 is 139 Å². The molecule has 0 bridgehead atoms. The Kier molecular flexibility index (Phi) is 17.2. The fourth-order valence-corrected chi connectivity index (χ4v) is 7.88. The van der Waals surface area contributed by atoms with Crippen LogP contribution in [0.25, 0.3) is 0 Å². The first kappa shape index (κ1) is 50.3. The average molecular weight is 915 g/mol. The van der Waals surface area contributed by atoms with Gasteiger partial charge in [-0.3, -0.25) is 0 Å². The molecule has 6 aliphatic rings. The molecule has 6 saturated heterocycles. The summed E-state index contributed by atoms with van der Waals surface area (Å²) in [6.07, 6.45) is -48.1. The molecule has 6 heterocycles. The fourth-order valence-electron chi connectivity index (χ4n) is 7.88. The molecular weight excluding hydrogens is 856 g/mol. The summed E-state index contributed by atoms with van der Waals surface area (Å²) in [5.74, 6) is 0. The van der Waals surface area contributed by atoms with Crippen molar-refractivity contribution in [3.8, 4) is 0 Å². The van der Waals surface area contributed by atoms with E-state index in [0.29, 0.717) is 0 Å². The van der Waals surface area contributed by atoms with Crippen molar-refractivity contribution in [3.05, 3.63) is 0 Å². The van der Waals surface area contributed by atoms with E-state index in [1.54, 1.807) is 0 Å². The second-order valence-corrected chi connectivity index (χ2v) is 15.8. The van der Waals surface area contributed by atoms with E-state index in [-0.39, 0.29) is 0 Å². The highest BCUT2D eigenvalue weighted by atomic mass is 16.8. The Hall–Kier alpha value is -1.12. The van der Waals surface area contributed by atoms with Crippen LogP contribution in [-0.4, -0.2) is 292 Å². The first-order valence-electron chi connectivity index (χ1n) is 19.8. The summed E-state index contributed by atoms with van der Waals surface area (Å²) in [6.45, 7) is -2.31. The minimum Gasteiger partial charge on any atom is -0.394 e. The molecule has 28 heteroatoms. The summed E-state index contributed by atoms with van der Waals surface area (Å²) in [5.41, 5.74) is 0. The highest BCUT2D eigenvalue weighted by Crippen LogP contribution is 2.35. The number of aliphatic hydroxyl groups excluding tert-OH is 17. The molecule has 0 aromatic carbocycles. The van der Waals surface area contributed by atoms with Gasteiger partial charge in [0.2, 0.25) is 0 Å². The van der Waals surface area contributed by atoms with E-state index < -0.39 is 205 Å². The molecule has 6 rings (SSSR count). The lowest BCUT2D eigenvalue weighted by Crippen LogP contribution is -2.67. The number of hydrogen-bond acceptors (Lipinski definition) is 28. The molecule has 0 unspecified atom stereocenters. The lowest BCUT2D eigenvalue weighted by atomic mass is 9.96. The van der Waals surface area contributed by atoms with Crippen molar-refractivity contribution in [1.82, 2.24) is 0 Å². The van der Waals surface area contributed by atoms with Crippen molar-refractivity contribution >= 4 is 0 Å². The van der Waals surface area contributed by atoms with E-state index in [0.717, 1.165) is 0 Å². The Bertz CT molecular complexity index is 1380. The molecule has 6 aliphatic heterocycles. The van der Waals surface area contributed by atoms with Crippen LogP contribution >= 0.6 is 0 Å². The molecule has 0 radical (unpaired) electrons. The molecule has 62 heavy (non-hydrogen) atoms. The van der Waals surface area contributed by atoms with Gasteiger partial charge in [0.05, 0.1) is 39.1 Å². The molecule has 28 atom stereocenters. The molecule has 0 amide bonds. The number of hydrogen-bond donors (Lipinski definition) is 17. The molecule has 0 aromatic rings. The number of ether oxygens (including phenoxy) is 11. The molecule has 0 aliphatic carbocycles. The van der Waals surface area contributed by atoms with Crippen LogP contribution < -0.4 is 0 Å². The summed E-state index contributed by atoms with van der Waals surface area (Å²) >= 11 is 0. The van der Waals surface area contributed by atoms with Crippen LogP contribution in [0.5, 0.6) is 0 Å². The Morgan fingerprint density at radius 3 is 1.18 bits per heavy atom. The monoisotopic (exact) mass is 914 g/mol. The predicted octanol–water partition coefficient (Wildman–Crippen LogP) is -11.8. The predicted molar refractivity (Wildman–Crippen MR) is 186 cm³/mol. The summed E-state index contributed by atoms with van der Waals surface area (Å²) < 4.78 is 60.4. The SMILES string of the molecule is C[C@@H]1O[C@H](O)[C@H](O)[C@H](O)[C@H]1O[C@@H]1OC[C@@H](O[C@@H]2OC[C@@H](O[C@H]3O[C@@H](CO)[C@H](O[C@@H]4O[C@H](CO)[C@@H](O[C@@H]5O[C@H](CO)[C@@H](O)[C@H](O)[C@@H]5O)[C@H](O)[C@@H]4O)[C@@H](O)[C@@H]3O)[C@H](O)[C@@H]2O)[C@H](O)[C@@H]1O. The minimum atomic E-state index is -2.06. The van der Waals surface area contributed by atoms with Crippen LogP contribution in [-0.2, 0) is 52.1 Å². The summed E-state index contributed by atoms with van der Waals surface area (Å²) in [7, 11) is 0. The first-order chi connectivity index (χ1) is 29.3. The van der Waals surface area contributed by atoms with Gasteiger partial charge in [0.15, 0.2) is 37.7 Å². The molecule has 0 spiro atoms. The third kappa shape index (κ3) is 10.2. The smallest absolute Gasteiger partial charge is 0.187 e. The summed E-state index contributed by atoms with van der Waals surface area (Å²) in [5, 5.41) is 177. The van der Waals surface area contributed by atoms with E-state index in [2.05, 4.69) is 0 Å². The lowest BCUT2D eigenvalue weighted by Gasteiger charge is -2.48. The zero-order chi connectivity index (χ0) is 45.5. The van der Waals surface area contributed by atoms with Crippen LogP contribution in [0.3, 0.4) is 0 Å². The van der Waals surface area contributed by atoms with Gasteiger partial charge in [-0.2, -0.15) is 0 Å². The van der Waals surface area contributed by atoms with E-state index in [4.69, 9.17) is 52.1 Å². The Morgan fingerprint density at radius 1 is 0.355 bits per heavy atom. The van der Waals surface area contributed by atoms with Crippen molar-refractivity contribution in [1.29, 1.82) is 0 Å². The maximum Gasteiger partial charge on any atom is 0.187 e. The van der Waals surface area contributed by atoms with Crippen LogP contribution in [0.2, 0.25) is 0 Å². The van der Waals surface area contributed by atoms with Crippen LogP contribution in [0.1, 0.15) is 6.92 Å². The fraction of sp³-hybridized carbons (Fsp3) is 1.00. The second kappa shape index (κ2) is 21.2. The summed E-state index contributed by atoms with van der Waals surface area (Å²) in [6, 6.07) is 0. The highest BCUT2D eigenvalue weighted by Gasteiger charge is 2.55. The van der Waals surface area contributed by atoms with Crippen molar-refractivity contribution in [3.63, 3.8) is 0 Å². The standard InChI is InChI=1S/C34H58O28/c1-7-26(17(42)20(45)29(51)54-7)60-31-22(47)14(39)11(5-53-31)58-30-21(46)15(40)12(6-52-30)59-32-24(49)18(43)27(9(3-36)56-32)62-34-25(50)19(44)28(10(4-37)57-34)61-33-23(48)16(41)13(38)8(2-35)55-33/h7-51H,2-6H2,1H3/t7-,8+,9-,10+,11+,12+,13+,14-,15-,16-,17-,18-,19+,20+,21-,22-,23-,24-,25-,26-,27-,28+,29-,30-,31-,32+,33-,34-/m0/s1. The zero-order valence-electron chi connectivity index (χ0n) is 32.8. The van der Waals surface area contributed by atoms with Crippen molar-refractivity contribution < 1.29 is 139 Å². The third-order valence-corrected chi connectivity index (χ3v) is 11.6. The molecule has 28 nitrogen and oxygen atoms in total. The highest BCUT2D eigenvalue weighted by molar-refractivity contribution is 4.98. The van der Waals surface area contributed by atoms with Gasteiger partial charge in [-0.15, -0.1) is 0 Å². The minimum absolute atomic E-state index is 0.487. The van der Waals surface area contributed by atoms with Gasteiger partial charge in [-0.25, -0.2) is 0 Å². The molecular formula is C34H58O28. The second-order valence-electron chi connectivity index (χ2n) is 15.8. The van der Waals surface area contributed by atoms with E-state index in [1.807, 2.05) is 0 Å². The zero-order valence-corrected chi connectivity index (χ0v) is 32.8. The van der Waals surface area contributed by atoms with E-state index in [1.165, 1.54) is 6.92 Å². The Labute approximate surface area is 350 Å². The number of rotatable bonds is 13. The molecule has 6 fully saturated rings.